The van der Waals surface area contributed by atoms with E-state index in [9.17, 15) is 4.79 Å². The molecule has 17 heavy (non-hydrogen) atoms. The Morgan fingerprint density at radius 1 is 1.41 bits per heavy atom. The molecule has 5 heteroatoms. The lowest BCUT2D eigenvalue weighted by Gasteiger charge is -2.03. The minimum atomic E-state index is -0.974. The molecule has 0 bridgehead atoms. The lowest BCUT2D eigenvalue weighted by molar-refractivity contribution is 0.0696. The number of fused-ring (bicyclic) bond motifs is 1. The second-order valence-corrected chi connectivity index (χ2v) is 4.43. The zero-order valence-electron chi connectivity index (χ0n) is 9.22. The van der Waals surface area contributed by atoms with E-state index in [1.165, 1.54) is 19.0 Å². The molecule has 3 rings (SSSR count). The molecule has 1 aliphatic rings. The third-order valence-electron chi connectivity index (χ3n) is 3.35. The number of carboxylic acid groups (broad SMARTS) is 1. The van der Waals surface area contributed by atoms with Crippen LogP contribution in [0.1, 0.15) is 47.7 Å². The molecule has 2 heterocycles. The van der Waals surface area contributed by atoms with E-state index in [1.807, 2.05) is 0 Å². The maximum Gasteiger partial charge on any atom is 0.337 e. The Hall–Kier alpha value is -1.91. The van der Waals surface area contributed by atoms with E-state index in [4.69, 9.17) is 9.63 Å². The van der Waals surface area contributed by atoms with Gasteiger partial charge >= 0.3 is 5.97 Å². The van der Waals surface area contributed by atoms with Crippen LogP contribution in [0.15, 0.2) is 16.8 Å². The van der Waals surface area contributed by atoms with Crippen molar-refractivity contribution in [2.24, 2.45) is 0 Å². The Bertz CT molecular complexity index is 570. The first-order valence-electron chi connectivity index (χ1n) is 5.74. The smallest absolute Gasteiger partial charge is 0.337 e. The normalized spacial score (nSPS) is 16.7. The van der Waals surface area contributed by atoms with Crippen molar-refractivity contribution in [1.29, 1.82) is 0 Å². The summed E-state index contributed by atoms with van der Waals surface area (Å²) in [7, 11) is 0. The molecule has 0 radical (unpaired) electrons. The summed E-state index contributed by atoms with van der Waals surface area (Å²) in [6.45, 7) is 0. The maximum absolute atomic E-state index is 10.9. The number of hydrogen-bond acceptors (Lipinski definition) is 4. The molecule has 1 fully saturated rings. The first-order valence-corrected chi connectivity index (χ1v) is 5.74. The van der Waals surface area contributed by atoms with Gasteiger partial charge in [-0.3, -0.25) is 0 Å². The highest BCUT2D eigenvalue weighted by molar-refractivity contribution is 5.92. The monoisotopic (exact) mass is 232 g/mol. The molecule has 0 atom stereocenters. The second kappa shape index (κ2) is 3.84. The van der Waals surface area contributed by atoms with Gasteiger partial charge in [0.1, 0.15) is 0 Å². The lowest BCUT2D eigenvalue weighted by atomic mass is 10.0. The SMILES string of the molecule is O=C(O)c1cnc2onc(C3CCCC3)c2c1. The van der Waals surface area contributed by atoms with Crippen molar-refractivity contribution < 1.29 is 14.4 Å². The molecular formula is C12H12N2O3. The molecule has 2 aromatic rings. The van der Waals surface area contributed by atoms with Crippen LogP contribution < -0.4 is 0 Å². The quantitative estimate of drug-likeness (QED) is 0.861. The highest BCUT2D eigenvalue weighted by Gasteiger charge is 2.24. The minimum Gasteiger partial charge on any atom is -0.478 e. The fourth-order valence-electron chi connectivity index (χ4n) is 2.46. The zero-order valence-corrected chi connectivity index (χ0v) is 9.22. The van der Waals surface area contributed by atoms with E-state index in [0.717, 1.165) is 23.9 Å². The summed E-state index contributed by atoms with van der Waals surface area (Å²) in [4.78, 5) is 14.9. The average molecular weight is 232 g/mol. The van der Waals surface area contributed by atoms with Gasteiger partial charge in [0, 0.05) is 12.1 Å². The van der Waals surface area contributed by atoms with Gasteiger partial charge in [0.2, 0.25) is 0 Å². The Balaban J connectivity index is 2.11. The van der Waals surface area contributed by atoms with Crippen LogP contribution in [-0.2, 0) is 0 Å². The molecule has 0 amide bonds. The summed E-state index contributed by atoms with van der Waals surface area (Å²) in [5.41, 5.74) is 1.48. The Labute approximate surface area is 97.4 Å². The van der Waals surface area contributed by atoms with Crippen molar-refractivity contribution >= 4 is 17.1 Å². The predicted molar refractivity (Wildman–Crippen MR) is 60.0 cm³/mol. The number of carbonyl (C=O) groups is 1. The lowest BCUT2D eigenvalue weighted by Crippen LogP contribution is -1.98. The van der Waals surface area contributed by atoms with Crippen LogP contribution in [0.5, 0.6) is 0 Å². The van der Waals surface area contributed by atoms with Gasteiger partial charge in [0.25, 0.3) is 5.71 Å². The highest BCUT2D eigenvalue weighted by Crippen LogP contribution is 2.36. The molecule has 5 nitrogen and oxygen atoms in total. The van der Waals surface area contributed by atoms with Crippen LogP contribution in [0.25, 0.3) is 11.1 Å². The maximum atomic E-state index is 10.9. The molecular weight excluding hydrogens is 220 g/mol. The molecule has 88 valence electrons. The van der Waals surface area contributed by atoms with Gasteiger partial charge in [-0.2, -0.15) is 0 Å². The van der Waals surface area contributed by atoms with Gasteiger partial charge in [0.05, 0.1) is 16.6 Å². The predicted octanol–water partition coefficient (Wildman–Crippen LogP) is 2.58. The molecule has 0 spiro atoms. The van der Waals surface area contributed by atoms with Gasteiger partial charge in [0.15, 0.2) is 0 Å². The number of aromatic carboxylic acids is 1. The Kier molecular flexibility index (Phi) is 2.31. The van der Waals surface area contributed by atoms with Gasteiger partial charge in [-0.1, -0.05) is 18.0 Å². The standard InChI is InChI=1S/C12H12N2O3/c15-12(16)8-5-9-10(7-3-1-2-4-7)14-17-11(9)13-6-8/h5-7H,1-4H2,(H,15,16). The molecule has 2 aromatic heterocycles. The first kappa shape index (κ1) is 10.3. The van der Waals surface area contributed by atoms with Crippen molar-refractivity contribution in [3.63, 3.8) is 0 Å². The van der Waals surface area contributed by atoms with Crippen LogP contribution in [0.4, 0.5) is 0 Å². The number of pyridine rings is 1. The topological polar surface area (TPSA) is 76.2 Å². The van der Waals surface area contributed by atoms with Crippen molar-refractivity contribution in [2.75, 3.05) is 0 Å². The molecule has 1 saturated carbocycles. The van der Waals surface area contributed by atoms with Crippen LogP contribution in [-0.4, -0.2) is 21.2 Å². The number of rotatable bonds is 2. The number of hydrogen-bond donors (Lipinski definition) is 1. The van der Waals surface area contributed by atoms with E-state index in [2.05, 4.69) is 10.1 Å². The fraction of sp³-hybridized carbons (Fsp3) is 0.417. The van der Waals surface area contributed by atoms with E-state index >= 15 is 0 Å². The van der Waals surface area contributed by atoms with Crippen molar-refractivity contribution in [2.45, 2.75) is 31.6 Å². The number of aromatic nitrogens is 2. The van der Waals surface area contributed by atoms with Crippen LogP contribution in [0, 0.1) is 0 Å². The van der Waals surface area contributed by atoms with Gasteiger partial charge in [-0.05, 0) is 18.9 Å². The summed E-state index contributed by atoms with van der Waals surface area (Å²) in [6.07, 6.45) is 5.89. The molecule has 0 unspecified atom stereocenters. The molecule has 0 aromatic carbocycles. The second-order valence-electron chi connectivity index (χ2n) is 4.43. The van der Waals surface area contributed by atoms with E-state index < -0.39 is 5.97 Å². The van der Waals surface area contributed by atoms with Crippen LogP contribution in [0.2, 0.25) is 0 Å². The fourth-order valence-corrected chi connectivity index (χ4v) is 2.46. The average Bonchev–Trinajstić information content (AvgIpc) is 2.96. The summed E-state index contributed by atoms with van der Waals surface area (Å²) in [6, 6.07) is 1.61. The van der Waals surface area contributed by atoms with E-state index in [0.29, 0.717) is 11.6 Å². The summed E-state index contributed by atoms with van der Waals surface area (Å²) < 4.78 is 5.14. The molecule has 0 aliphatic heterocycles. The molecule has 1 aliphatic carbocycles. The van der Waals surface area contributed by atoms with Gasteiger partial charge < -0.3 is 9.63 Å². The summed E-state index contributed by atoms with van der Waals surface area (Å²) >= 11 is 0. The number of nitrogens with zero attached hydrogens (tertiary/aromatic N) is 2. The van der Waals surface area contributed by atoms with Crippen molar-refractivity contribution in [1.82, 2.24) is 10.1 Å². The third-order valence-corrected chi connectivity index (χ3v) is 3.35. The van der Waals surface area contributed by atoms with E-state index in [1.54, 1.807) is 6.07 Å². The van der Waals surface area contributed by atoms with Crippen LogP contribution in [0.3, 0.4) is 0 Å². The Morgan fingerprint density at radius 2 is 2.18 bits per heavy atom. The summed E-state index contributed by atoms with van der Waals surface area (Å²) in [5, 5.41) is 13.7. The Morgan fingerprint density at radius 3 is 2.88 bits per heavy atom. The number of carboxylic acids is 1. The zero-order chi connectivity index (χ0) is 11.8. The van der Waals surface area contributed by atoms with Gasteiger partial charge in [-0.25, -0.2) is 9.78 Å². The third kappa shape index (κ3) is 1.67. The molecule has 1 N–H and O–H groups in total. The van der Waals surface area contributed by atoms with Crippen LogP contribution >= 0.6 is 0 Å². The molecule has 0 saturated heterocycles. The summed E-state index contributed by atoms with van der Waals surface area (Å²) in [5.74, 6) is -0.583. The largest absolute Gasteiger partial charge is 0.478 e. The highest BCUT2D eigenvalue weighted by atomic mass is 16.5. The minimum absolute atomic E-state index is 0.181. The van der Waals surface area contributed by atoms with E-state index in [-0.39, 0.29) is 5.56 Å². The van der Waals surface area contributed by atoms with Crippen molar-refractivity contribution in [3.05, 3.63) is 23.5 Å². The van der Waals surface area contributed by atoms with Crippen molar-refractivity contribution in [3.8, 4) is 0 Å². The van der Waals surface area contributed by atoms with Gasteiger partial charge in [-0.15, -0.1) is 0 Å². The first-order chi connectivity index (χ1) is 8.25.